The second-order valence-electron chi connectivity index (χ2n) is 4.38. The van der Waals surface area contributed by atoms with E-state index in [2.05, 4.69) is 15.6 Å². The van der Waals surface area contributed by atoms with Gasteiger partial charge in [0.1, 0.15) is 18.1 Å². The first-order valence-corrected chi connectivity index (χ1v) is 6.15. The lowest BCUT2D eigenvalue weighted by Crippen LogP contribution is -2.24. The smallest absolute Gasteiger partial charge is 0.325 e. The Morgan fingerprint density at radius 3 is 2.90 bits per heavy atom. The summed E-state index contributed by atoms with van der Waals surface area (Å²) in [5.74, 6) is -1.70. The van der Waals surface area contributed by atoms with Gasteiger partial charge in [-0.3, -0.25) is 9.59 Å². The van der Waals surface area contributed by atoms with E-state index in [1.165, 1.54) is 24.4 Å². The summed E-state index contributed by atoms with van der Waals surface area (Å²) in [5.41, 5.74) is 1.02. The largest absolute Gasteiger partial charge is 0.480 e. The Bertz CT molecular complexity index is 656. The lowest BCUT2D eigenvalue weighted by Gasteiger charge is -2.03. The fraction of sp³-hybridized carbons (Fsp3) is 0.231. The SMILES string of the molecule is O=C(O)Cn1cc(CNC(=O)Cc2cccc(F)c2)nn1. The Hall–Kier alpha value is -2.77. The van der Waals surface area contributed by atoms with E-state index in [0.717, 1.165) is 4.68 Å². The van der Waals surface area contributed by atoms with Crippen LogP contribution in [0.15, 0.2) is 30.5 Å². The van der Waals surface area contributed by atoms with Crippen LogP contribution in [-0.2, 0) is 29.1 Å². The van der Waals surface area contributed by atoms with E-state index in [4.69, 9.17) is 5.11 Å². The maximum absolute atomic E-state index is 13.0. The quantitative estimate of drug-likeness (QED) is 0.801. The van der Waals surface area contributed by atoms with E-state index < -0.39 is 11.8 Å². The number of amides is 1. The van der Waals surface area contributed by atoms with Gasteiger partial charge in [-0.25, -0.2) is 9.07 Å². The topological polar surface area (TPSA) is 97.1 Å². The maximum atomic E-state index is 13.0. The fourth-order valence-corrected chi connectivity index (χ4v) is 1.72. The number of nitrogens with zero attached hydrogens (tertiary/aromatic N) is 3. The number of carbonyl (C=O) groups is 2. The summed E-state index contributed by atoms with van der Waals surface area (Å²) >= 11 is 0. The van der Waals surface area contributed by atoms with Gasteiger partial charge in [0.15, 0.2) is 0 Å². The Labute approximate surface area is 119 Å². The molecule has 0 bridgehead atoms. The first-order valence-electron chi connectivity index (χ1n) is 6.15. The minimum Gasteiger partial charge on any atom is -0.480 e. The van der Waals surface area contributed by atoms with Gasteiger partial charge in [-0.05, 0) is 17.7 Å². The van der Waals surface area contributed by atoms with Crippen molar-refractivity contribution in [1.82, 2.24) is 20.3 Å². The second kappa shape index (κ2) is 6.60. The van der Waals surface area contributed by atoms with Gasteiger partial charge in [0, 0.05) is 0 Å². The van der Waals surface area contributed by atoms with Crippen LogP contribution in [0.5, 0.6) is 0 Å². The molecule has 2 N–H and O–H groups in total. The van der Waals surface area contributed by atoms with Crippen LogP contribution >= 0.6 is 0 Å². The first kappa shape index (κ1) is 14.6. The number of benzene rings is 1. The van der Waals surface area contributed by atoms with E-state index in [9.17, 15) is 14.0 Å². The fourth-order valence-electron chi connectivity index (χ4n) is 1.72. The Morgan fingerprint density at radius 2 is 2.19 bits per heavy atom. The van der Waals surface area contributed by atoms with Crippen LogP contribution in [0.25, 0.3) is 0 Å². The lowest BCUT2D eigenvalue weighted by atomic mass is 10.1. The number of carboxylic acids is 1. The van der Waals surface area contributed by atoms with Gasteiger partial charge in [0.05, 0.1) is 19.2 Å². The minimum atomic E-state index is -1.03. The first-order chi connectivity index (χ1) is 10.0. The van der Waals surface area contributed by atoms with Crippen LogP contribution in [0.1, 0.15) is 11.3 Å². The van der Waals surface area contributed by atoms with Crippen LogP contribution in [0.2, 0.25) is 0 Å². The molecule has 0 saturated heterocycles. The van der Waals surface area contributed by atoms with Crippen molar-refractivity contribution in [2.24, 2.45) is 0 Å². The van der Waals surface area contributed by atoms with Crippen molar-refractivity contribution in [1.29, 1.82) is 0 Å². The number of nitrogens with one attached hydrogen (secondary N) is 1. The normalized spacial score (nSPS) is 10.3. The standard InChI is InChI=1S/C13H13FN4O3/c14-10-3-1-2-9(4-10)5-12(19)15-6-11-7-18(17-16-11)8-13(20)21/h1-4,7H,5-6,8H2,(H,15,19)(H,20,21). The van der Waals surface area contributed by atoms with Gasteiger partial charge in [-0.1, -0.05) is 17.3 Å². The minimum absolute atomic E-state index is 0.0566. The molecule has 1 aromatic carbocycles. The molecule has 0 radical (unpaired) electrons. The highest BCUT2D eigenvalue weighted by Crippen LogP contribution is 2.04. The molecule has 2 rings (SSSR count). The number of carbonyl (C=O) groups excluding carboxylic acids is 1. The third-order valence-electron chi connectivity index (χ3n) is 2.60. The van der Waals surface area contributed by atoms with Crippen molar-refractivity contribution in [3.8, 4) is 0 Å². The predicted octanol–water partition coefficient (Wildman–Crippen LogP) is 0.361. The van der Waals surface area contributed by atoms with Gasteiger partial charge < -0.3 is 10.4 Å². The number of carboxylic acid groups (broad SMARTS) is 1. The summed E-state index contributed by atoms with van der Waals surface area (Å²) in [6, 6.07) is 5.80. The van der Waals surface area contributed by atoms with Gasteiger partial charge in [0.2, 0.25) is 5.91 Å². The molecule has 0 aliphatic carbocycles. The Balaban J connectivity index is 1.83. The zero-order chi connectivity index (χ0) is 15.2. The number of rotatable bonds is 6. The van der Waals surface area contributed by atoms with E-state index in [0.29, 0.717) is 11.3 Å². The average molecular weight is 292 g/mol. The zero-order valence-corrected chi connectivity index (χ0v) is 11.0. The van der Waals surface area contributed by atoms with E-state index in [1.54, 1.807) is 6.07 Å². The summed E-state index contributed by atoms with van der Waals surface area (Å²) in [7, 11) is 0. The third-order valence-corrected chi connectivity index (χ3v) is 2.60. The molecule has 1 heterocycles. The van der Waals surface area contributed by atoms with Gasteiger partial charge in [-0.2, -0.15) is 0 Å². The van der Waals surface area contributed by atoms with E-state index >= 15 is 0 Å². The molecule has 7 nitrogen and oxygen atoms in total. The molecule has 2 aromatic rings. The zero-order valence-electron chi connectivity index (χ0n) is 11.0. The van der Waals surface area contributed by atoms with Gasteiger partial charge in [-0.15, -0.1) is 5.10 Å². The van der Waals surface area contributed by atoms with Crippen LogP contribution in [0, 0.1) is 5.82 Å². The molecule has 0 unspecified atom stereocenters. The number of hydrogen-bond acceptors (Lipinski definition) is 4. The van der Waals surface area contributed by atoms with Gasteiger partial charge >= 0.3 is 5.97 Å². The molecule has 0 saturated carbocycles. The van der Waals surface area contributed by atoms with Crippen molar-refractivity contribution in [2.75, 3.05) is 0 Å². The predicted molar refractivity (Wildman–Crippen MR) is 69.6 cm³/mol. The maximum Gasteiger partial charge on any atom is 0.325 e. The number of aromatic nitrogens is 3. The highest BCUT2D eigenvalue weighted by Gasteiger charge is 2.07. The Kier molecular flexibility index (Phi) is 4.60. The highest BCUT2D eigenvalue weighted by atomic mass is 19.1. The summed E-state index contributed by atoms with van der Waals surface area (Å²) in [5, 5.41) is 18.6. The Morgan fingerprint density at radius 1 is 1.38 bits per heavy atom. The van der Waals surface area contributed by atoms with Crippen molar-refractivity contribution in [3.05, 3.63) is 47.5 Å². The van der Waals surface area contributed by atoms with E-state index in [1.807, 2.05) is 0 Å². The molecule has 0 aliphatic rings. The summed E-state index contributed by atoms with van der Waals surface area (Å²) in [6.45, 7) is -0.155. The number of hydrogen-bond donors (Lipinski definition) is 2. The van der Waals surface area contributed by atoms with Crippen LogP contribution in [-0.4, -0.2) is 32.0 Å². The molecule has 0 spiro atoms. The summed E-state index contributed by atoms with van der Waals surface area (Å²) < 4.78 is 14.1. The highest BCUT2D eigenvalue weighted by molar-refractivity contribution is 5.78. The van der Waals surface area contributed by atoms with Gasteiger partial charge in [0.25, 0.3) is 0 Å². The lowest BCUT2D eigenvalue weighted by molar-refractivity contribution is -0.138. The summed E-state index contributed by atoms with van der Waals surface area (Å²) in [6.07, 6.45) is 1.50. The van der Waals surface area contributed by atoms with E-state index in [-0.39, 0.29) is 25.4 Å². The van der Waals surface area contributed by atoms with Crippen LogP contribution in [0.3, 0.4) is 0 Å². The molecule has 110 valence electrons. The van der Waals surface area contributed by atoms with Crippen molar-refractivity contribution >= 4 is 11.9 Å². The summed E-state index contributed by atoms with van der Waals surface area (Å²) in [4.78, 5) is 22.2. The second-order valence-corrected chi connectivity index (χ2v) is 4.38. The molecule has 0 fully saturated rings. The number of halogens is 1. The van der Waals surface area contributed by atoms with Crippen LogP contribution in [0.4, 0.5) is 4.39 Å². The monoisotopic (exact) mass is 292 g/mol. The van der Waals surface area contributed by atoms with Crippen molar-refractivity contribution in [2.45, 2.75) is 19.5 Å². The third kappa shape index (κ3) is 4.68. The molecule has 1 aromatic heterocycles. The molecule has 0 atom stereocenters. The average Bonchev–Trinajstić information content (AvgIpc) is 2.83. The number of aliphatic carboxylic acids is 1. The molecular formula is C13H13FN4O3. The van der Waals surface area contributed by atoms with Crippen molar-refractivity contribution < 1.29 is 19.1 Å². The molecular weight excluding hydrogens is 279 g/mol. The molecule has 1 amide bonds. The van der Waals surface area contributed by atoms with Crippen LogP contribution < -0.4 is 5.32 Å². The molecule has 21 heavy (non-hydrogen) atoms. The van der Waals surface area contributed by atoms with Crippen molar-refractivity contribution in [3.63, 3.8) is 0 Å². The molecule has 0 aliphatic heterocycles. The molecule has 8 heteroatoms.